The number of hydrogen-bond donors (Lipinski definition) is 2. The molecule has 0 amide bonds. The lowest BCUT2D eigenvalue weighted by molar-refractivity contribution is -0.210. The lowest BCUT2D eigenvalue weighted by Crippen LogP contribution is -2.63. The highest BCUT2D eigenvalue weighted by molar-refractivity contribution is 6.01. The van der Waals surface area contributed by atoms with Gasteiger partial charge in [0.05, 0.1) is 6.10 Å². The van der Waals surface area contributed by atoms with Crippen LogP contribution in [0.15, 0.2) is 23.8 Å². The largest absolute Gasteiger partial charge is 0.478 e. The minimum atomic E-state index is -1.72. The third-order valence-corrected chi connectivity index (χ3v) is 8.52. The normalized spacial score (nSPS) is 47.0. The SMILES string of the molecule is CCC(=O)O[C@]1(C(=O)O)CC[C@H]2[C@@H]3C[C@H](F)C4=CC(=O)C=C[C@]4(C)[C@H]3[C@@H](O)C[C@@]21C. The van der Waals surface area contributed by atoms with Crippen molar-refractivity contribution in [3.63, 3.8) is 0 Å². The van der Waals surface area contributed by atoms with Gasteiger partial charge in [-0.1, -0.05) is 26.8 Å². The second-order valence-electron chi connectivity index (χ2n) is 9.80. The van der Waals surface area contributed by atoms with Crippen LogP contribution in [0.5, 0.6) is 0 Å². The van der Waals surface area contributed by atoms with Crippen molar-refractivity contribution in [2.45, 2.75) is 70.8 Å². The Labute approximate surface area is 175 Å². The number of allylic oxidation sites excluding steroid dienone is 4. The molecule has 0 saturated heterocycles. The van der Waals surface area contributed by atoms with Crippen molar-refractivity contribution >= 4 is 17.7 Å². The Morgan fingerprint density at radius 2 is 2.03 bits per heavy atom. The predicted molar refractivity (Wildman–Crippen MR) is 105 cm³/mol. The number of fused-ring (bicyclic) bond motifs is 5. The van der Waals surface area contributed by atoms with Crippen LogP contribution in [0.3, 0.4) is 0 Å². The Kier molecular flexibility index (Phi) is 4.77. The lowest BCUT2D eigenvalue weighted by atomic mass is 9.46. The molecule has 0 radical (unpaired) electrons. The summed E-state index contributed by atoms with van der Waals surface area (Å²) in [5.41, 5.74) is -3.13. The molecule has 30 heavy (non-hydrogen) atoms. The summed E-state index contributed by atoms with van der Waals surface area (Å²) in [6.07, 6.45) is 3.20. The summed E-state index contributed by atoms with van der Waals surface area (Å²) in [5.74, 6) is -2.87. The maximum atomic E-state index is 15.3. The van der Waals surface area contributed by atoms with Crippen LogP contribution in [0.2, 0.25) is 0 Å². The molecular weight excluding hydrogens is 391 g/mol. The number of aliphatic carboxylic acids is 1. The van der Waals surface area contributed by atoms with E-state index in [-0.39, 0.29) is 49.2 Å². The van der Waals surface area contributed by atoms with E-state index in [2.05, 4.69) is 0 Å². The van der Waals surface area contributed by atoms with E-state index in [4.69, 9.17) is 4.74 Å². The number of hydrogen-bond acceptors (Lipinski definition) is 5. The topological polar surface area (TPSA) is 101 Å². The molecule has 7 heteroatoms. The first-order valence-corrected chi connectivity index (χ1v) is 10.7. The van der Waals surface area contributed by atoms with Gasteiger partial charge in [-0.15, -0.1) is 0 Å². The molecule has 0 aromatic rings. The molecule has 4 rings (SSSR count). The van der Waals surface area contributed by atoms with Crippen molar-refractivity contribution in [1.29, 1.82) is 0 Å². The molecular formula is C23H29FO6. The second-order valence-corrected chi connectivity index (χ2v) is 9.80. The van der Waals surface area contributed by atoms with Crippen LogP contribution >= 0.6 is 0 Å². The number of carboxylic acid groups (broad SMARTS) is 1. The van der Waals surface area contributed by atoms with E-state index in [1.165, 1.54) is 12.2 Å². The standard InChI is InChI=1S/C23H29FO6/c1-4-18(27)30-23(20(28)29)8-6-14-13-10-16(24)15-9-12(25)5-7-21(15,2)19(13)17(26)11-22(14,23)3/h5,7,9,13-14,16-17,19,26H,4,6,8,10-11H2,1-3H3,(H,28,29)/t13-,14-,16-,17-,19+,21-,22-,23-/m0/s1. The Morgan fingerprint density at radius 3 is 2.67 bits per heavy atom. The van der Waals surface area contributed by atoms with E-state index in [1.54, 1.807) is 19.9 Å². The van der Waals surface area contributed by atoms with Crippen LogP contribution in [0.1, 0.15) is 52.9 Å². The van der Waals surface area contributed by atoms with Gasteiger partial charge in [0.25, 0.3) is 0 Å². The molecule has 8 atom stereocenters. The molecule has 4 aliphatic carbocycles. The minimum absolute atomic E-state index is 0.0575. The zero-order chi connectivity index (χ0) is 22.1. The average molecular weight is 420 g/mol. The van der Waals surface area contributed by atoms with E-state index >= 15 is 4.39 Å². The summed E-state index contributed by atoms with van der Waals surface area (Å²) in [7, 11) is 0. The number of halogens is 1. The van der Waals surface area contributed by atoms with E-state index < -0.39 is 40.6 Å². The van der Waals surface area contributed by atoms with Gasteiger partial charge in [-0.2, -0.15) is 0 Å². The Morgan fingerprint density at radius 1 is 1.33 bits per heavy atom. The number of rotatable bonds is 3. The quantitative estimate of drug-likeness (QED) is 0.681. The van der Waals surface area contributed by atoms with Crippen molar-refractivity contribution in [2.75, 3.05) is 0 Å². The first-order chi connectivity index (χ1) is 14.0. The van der Waals surface area contributed by atoms with Gasteiger partial charge in [0.2, 0.25) is 5.60 Å². The highest BCUT2D eigenvalue weighted by Gasteiger charge is 2.71. The van der Waals surface area contributed by atoms with Crippen molar-refractivity contribution in [2.24, 2.45) is 28.6 Å². The Balaban J connectivity index is 1.78. The van der Waals surface area contributed by atoms with Crippen LogP contribution in [-0.2, 0) is 19.1 Å². The molecule has 0 spiro atoms. The summed E-state index contributed by atoms with van der Waals surface area (Å²) >= 11 is 0. The molecule has 0 heterocycles. The first-order valence-electron chi connectivity index (χ1n) is 10.7. The van der Waals surface area contributed by atoms with Gasteiger partial charge >= 0.3 is 11.9 Å². The molecule has 4 aliphatic rings. The van der Waals surface area contributed by atoms with Crippen LogP contribution in [0.4, 0.5) is 4.39 Å². The van der Waals surface area contributed by atoms with Crippen molar-refractivity contribution in [3.05, 3.63) is 23.8 Å². The predicted octanol–water partition coefficient (Wildman–Crippen LogP) is 2.99. The number of ether oxygens (including phenoxy) is 1. The summed E-state index contributed by atoms with van der Waals surface area (Å²) < 4.78 is 20.9. The fourth-order valence-electron chi connectivity index (χ4n) is 7.15. The zero-order valence-electron chi connectivity index (χ0n) is 17.6. The summed E-state index contributed by atoms with van der Waals surface area (Å²) in [6, 6.07) is 0. The van der Waals surface area contributed by atoms with Crippen LogP contribution < -0.4 is 0 Å². The third kappa shape index (κ3) is 2.60. The highest BCUT2D eigenvalue weighted by Crippen LogP contribution is 2.68. The number of carbonyl (C=O) groups excluding carboxylic acids is 2. The molecule has 0 aromatic heterocycles. The minimum Gasteiger partial charge on any atom is -0.478 e. The fourth-order valence-corrected chi connectivity index (χ4v) is 7.15. The van der Waals surface area contributed by atoms with Gasteiger partial charge in [-0.05, 0) is 55.2 Å². The molecule has 6 nitrogen and oxygen atoms in total. The maximum absolute atomic E-state index is 15.3. The van der Waals surface area contributed by atoms with Gasteiger partial charge < -0.3 is 14.9 Å². The van der Waals surface area contributed by atoms with E-state index in [9.17, 15) is 24.6 Å². The van der Waals surface area contributed by atoms with Crippen molar-refractivity contribution < 1.29 is 33.7 Å². The summed E-state index contributed by atoms with van der Waals surface area (Å²) in [4.78, 5) is 36.4. The average Bonchev–Trinajstić information content (AvgIpc) is 2.96. The molecule has 164 valence electrons. The molecule has 3 saturated carbocycles. The number of aliphatic hydroxyl groups excluding tert-OH is 1. The van der Waals surface area contributed by atoms with Crippen LogP contribution in [0, 0.1) is 28.6 Å². The highest BCUT2D eigenvalue weighted by atomic mass is 19.1. The molecule has 0 aromatic carbocycles. The maximum Gasteiger partial charge on any atom is 0.348 e. The second kappa shape index (κ2) is 6.74. The zero-order valence-corrected chi connectivity index (χ0v) is 17.6. The molecule has 3 fully saturated rings. The van der Waals surface area contributed by atoms with E-state index in [0.29, 0.717) is 12.0 Å². The van der Waals surface area contributed by atoms with E-state index in [0.717, 1.165) is 0 Å². The van der Waals surface area contributed by atoms with Crippen LogP contribution in [0.25, 0.3) is 0 Å². The van der Waals surface area contributed by atoms with Gasteiger partial charge in [0, 0.05) is 23.2 Å². The number of esters is 1. The monoisotopic (exact) mass is 420 g/mol. The summed E-state index contributed by atoms with van der Waals surface area (Å²) in [5, 5.41) is 21.4. The fraction of sp³-hybridized carbons (Fsp3) is 0.696. The van der Waals surface area contributed by atoms with Gasteiger partial charge in [-0.25, -0.2) is 9.18 Å². The van der Waals surface area contributed by atoms with Gasteiger partial charge in [0.15, 0.2) is 5.78 Å². The first kappa shape index (κ1) is 21.2. The smallest absolute Gasteiger partial charge is 0.348 e. The lowest BCUT2D eigenvalue weighted by Gasteiger charge is -2.59. The number of carboxylic acids is 1. The van der Waals surface area contributed by atoms with Crippen LogP contribution in [-0.4, -0.2) is 45.8 Å². The van der Waals surface area contributed by atoms with Gasteiger partial charge in [-0.3, -0.25) is 9.59 Å². The Hall–Kier alpha value is -2.02. The van der Waals surface area contributed by atoms with Crippen molar-refractivity contribution in [3.8, 4) is 0 Å². The van der Waals surface area contributed by atoms with Crippen molar-refractivity contribution in [1.82, 2.24) is 0 Å². The molecule has 0 aliphatic heterocycles. The number of ketones is 1. The number of aliphatic hydroxyl groups is 1. The molecule has 2 N–H and O–H groups in total. The van der Waals surface area contributed by atoms with Gasteiger partial charge in [0.1, 0.15) is 6.17 Å². The molecule has 0 bridgehead atoms. The summed E-state index contributed by atoms with van der Waals surface area (Å²) in [6.45, 7) is 5.23. The molecule has 0 unspecified atom stereocenters. The Bertz CT molecular complexity index is 864. The van der Waals surface area contributed by atoms with E-state index in [1.807, 2.05) is 6.92 Å². The number of carbonyl (C=O) groups is 3. The third-order valence-electron chi connectivity index (χ3n) is 8.52. The number of alkyl halides is 1.